The van der Waals surface area contributed by atoms with E-state index >= 15 is 0 Å². The van der Waals surface area contributed by atoms with Crippen LogP contribution < -0.4 is 10.6 Å². The number of ether oxygens (including phenoxy) is 1. The van der Waals surface area contributed by atoms with Gasteiger partial charge in [-0.3, -0.25) is 4.79 Å². The van der Waals surface area contributed by atoms with Crippen LogP contribution in [0.15, 0.2) is 12.3 Å². The van der Waals surface area contributed by atoms with Crippen molar-refractivity contribution in [2.75, 3.05) is 31.1 Å². The van der Waals surface area contributed by atoms with E-state index in [0.29, 0.717) is 54.9 Å². The number of anilines is 1. The van der Waals surface area contributed by atoms with Crippen LogP contribution in [0.4, 0.5) is 10.7 Å². The molecule has 1 aliphatic rings. The van der Waals surface area contributed by atoms with Gasteiger partial charge in [0.1, 0.15) is 5.60 Å². The van der Waals surface area contributed by atoms with E-state index in [1.165, 1.54) is 0 Å². The van der Waals surface area contributed by atoms with Crippen LogP contribution in [0, 0.1) is 13.8 Å². The first kappa shape index (κ1) is 20.6. The molecule has 0 radical (unpaired) electrons. The SMILES string of the molecule is Cc1nn(-c2ccnc(N3CCN(C(=O)OC(C)(C)C)CC3)n2)c(C)c1C(N)=O. The van der Waals surface area contributed by atoms with Gasteiger partial charge in [0.15, 0.2) is 5.82 Å². The Morgan fingerprint density at radius 1 is 1.14 bits per heavy atom. The van der Waals surface area contributed by atoms with Crippen molar-refractivity contribution in [3.63, 3.8) is 0 Å². The molecule has 0 atom stereocenters. The molecule has 1 fully saturated rings. The molecule has 2 aromatic rings. The van der Waals surface area contributed by atoms with Gasteiger partial charge in [0.2, 0.25) is 5.95 Å². The van der Waals surface area contributed by atoms with Crippen LogP contribution in [-0.2, 0) is 4.74 Å². The average molecular weight is 401 g/mol. The third-order valence-corrected chi connectivity index (χ3v) is 4.60. The monoisotopic (exact) mass is 401 g/mol. The van der Waals surface area contributed by atoms with Crippen LogP contribution in [0.25, 0.3) is 5.82 Å². The van der Waals surface area contributed by atoms with Crippen LogP contribution in [-0.4, -0.2) is 68.4 Å². The molecule has 0 unspecified atom stereocenters. The highest BCUT2D eigenvalue weighted by molar-refractivity contribution is 5.95. The lowest BCUT2D eigenvalue weighted by Crippen LogP contribution is -2.50. The number of rotatable bonds is 3. The maximum atomic E-state index is 12.2. The van der Waals surface area contributed by atoms with E-state index in [9.17, 15) is 9.59 Å². The Bertz CT molecular complexity index is 924. The number of amides is 2. The van der Waals surface area contributed by atoms with Crippen LogP contribution in [0.3, 0.4) is 0 Å². The normalized spacial score (nSPS) is 14.8. The Morgan fingerprint density at radius 3 is 2.34 bits per heavy atom. The summed E-state index contributed by atoms with van der Waals surface area (Å²) >= 11 is 0. The highest BCUT2D eigenvalue weighted by Gasteiger charge is 2.27. The van der Waals surface area contributed by atoms with Gasteiger partial charge in [-0.05, 0) is 34.6 Å². The molecule has 2 N–H and O–H groups in total. The molecular weight excluding hydrogens is 374 g/mol. The van der Waals surface area contributed by atoms with Gasteiger partial charge in [0.05, 0.1) is 17.0 Å². The van der Waals surface area contributed by atoms with Gasteiger partial charge in [-0.1, -0.05) is 0 Å². The van der Waals surface area contributed by atoms with Crippen LogP contribution in [0.5, 0.6) is 0 Å². The van der Waals surface area contributed by atoms with E-state index in [1.54, 1.807) is 35.7 Å². The largest absolute Gasteiger partial charge is 0.444 e. The van der Waals surface area contributed by atoms with E-state index in [-0.39, 0.29) is 6.09 Å². The second kappa shape index (κ2) is 7.69. The standard InChI is InChI=1S/C19H27N7O3/c1-12-15(16(20)27)13(2)26(23-12)14-6-7-21-17(22-14)24-8-10-25(11-9-24)18(28)29-19(3,4)5/h6-7H,8-11H2,1-5H3,(H2,20,27). The number of piperazine rings is 1. The van der Waals surface area contributed by atoms with Gasteiger partial charge in [-0.2, -0.15) is 10.1 Å². The molecule has 10 nitrogen and oxygen atoms in total. The number of hydrogen-bond donors (Lipinski definition) is 1. The summed E-state index contributed by atoms with van der Waals surface area (Å²) in [5.41, 5.74) is 6.52. The molecule has 2 aromatic heterocycles. The molecule has 3 rings (SSSR count). The van der Waals surface area contributed by atoms with Crippen LogP contribution in [0.1, 0.15) is 42.5 Å². The molecule has 1 saturated heterocycles. The molecule has 156 valence electrons. The van der Waals surface area contributed by atoms with Crippen molar-refractivity contribution in [2.45, 2.75) is 40.2 Å². The molecule has 10 heteroatoms. The van der Waals surface area contributed by atoms with Gasteiger partial charge < -0.3 is 20.3 Å². The molecule has 0 bridgehead atoms. The lowest BCUT2D eigenvalue weighted by molar-refractivity contribution is 0.0240. The molecule has 0 spiro atoms. The number of carbonyl (C=O) groups is 2. The second-order valence-corrected chi connectivity index (χ2v) is 7.99. The van der Waals surface area contributed by atoms with Crippen molar-refractivity contribution >= 4 is 17.9 Å². The first-order chi connectivity index (χ1) is 13.6. The number of aryl methyl sites for hydroxylation is 1. The topological polar surface area (TPSA) is 119 Å². The summed E-state index contributed by atoms with van der Waals surface area (Å²) in [6.07, 6.45) is 1.34. The highest BCUT2D eigenvalue weighted by atomic mass is 16.6. The molecule has 2 amide bonds. The number of carbonyl (C=O) groups excluding carboxylic acids is 2. The number of nitrogens with two attached hydrogens (primary N) is 1. The molecular formula is C19H27N7O3. The minimum atomic E-state index is -0.519. The molecule has 3 heterocycles. The Labute approximate surface area is 169 Å². The Balaban J connectivity index is 1.74. The predicted molar refractivity (Wildman–Crippen MR) is 107 cm³/mol. The van der Waals surface area contributed by atoms with Gasteiger partial charge >= 0.3 is 6.09 Å². The zero-order valence-electron chi connectivity index (χ0n) is 17.5. The molecule has 0 aliphatic carbocycles. The predicted octanol–water partition coefficient (Wildman–Crippen LogP) is 1.44. The molecule has 0 saturated carbocycles. The van der Waals surface area contributed by atoms with E-state index < -0.39 is 11.5 Å². The highest BCUT2D eigenvalue weighted by Crippen LogP contribution is 2.19. The number of hydrogen-bond acceptors (Lipinski definition) is 7. The van der Waals surface area contributed by atoms with Gasteiger partial charge in [0.25, 0.3) is 5.91 Å². The van der Waals surface area contributed by atoms with Crippen LogP contribution in [0.2, 0.25) is 0 Å². The van der Waals surface area contributed by atoms with Crippen molar-refractivity contribution in [3.8, 4) is 5.82 Å². The van der Waals surface area contributed by atoms with Crippen molar-refractivity contribution in [2.24, 2.45) is 5.73 Å². The van der Waals surface area contributed by atoms with Crippen molar-refractivity contribution in [1.29, 1.82) is 0 Å². The van der Waals surface area contributed by atoms with Gasteiger partial charge in [-0.15, -0.1) is 0 Å². The van der Waals surface area contributed by atoms with E-state index in [4.69, 9.17) is 10.5 Å². The van der Waals surface area contributed by atoms with Gasteiger partial charge in [0, 0.05) is 38.4 Å². The summed E-state index contributed by atoms with van der Waals surface area (Å²) in [5.74, 6) is 0.580. The first-order valence-electron chi connectivity index (χ1n) is 9.49. The summed E-state index contributed by atoms with van der Waals surface area (Å²) in [4.78, 5) is 36.5. The van der Waals surface area contributed by atoms with Crippen LogP contribution >= 0.6 is 0 Å². The molecule has 1 aliphatic heterocycles. The summed E-state index contributed by atoms with van der Waals surface area (Å²) in [5, 5.41) is 4.39. The smallest absolute Gasteiger partial charge is 0.410 e. The minimum absolute atomic E-state index is 0.312. The van der Waals surface area contributed by atoms with Crippen molar-refractivity contribution < 1.29 is 14.3 Å². The molecule has 29 heavy (non-hydrogen) atoms. The fraction of sp³-hybridized carbons (Fsp3) is 0.526. The Hall–Kier alpha value is -3.17. The number of primary amides is 1. The second-order valence-electron chi connectivity index (χ2n) is 7.99. The lowest BCUT2D eigenvalue weighted by Gasteiger charge is -2.35. The number of nitrogens with zero attached hydrogens (tertiary/aromatic N) is 6. The Kier molecular flexibility index (Phi) is 5.45. The number of aromatic nitrogens is 4. The van der Waals surface area contributed by atoms with Crippen molar-refractivity contribution in [1.82, 2.24) is 24.6 Å². The van der Waals surface area contributed by atoms with E-state index in [0.717, 1.165) is 0 Å². The van der Waals surface area contributed by atoms with Gasteiger partial charge in [-0.25, -0.2) is 14.5 Å². The fourth-order valence-corrected chi connectivity index (χ4v) is 3.25. The minimum Gasteiger partial charge on any atom is -0.444 e. The van der Waals surface area contributed by atoms with E-state index in [2.05, 4.69) is 15.1 Å². The fourth-order valence-electron chi connectivity index (χ4n) is 3.25. The summed E-state index contributed by atoms with van der Waals surface area (Å²) in [6, 6.07) is 1.73. The Morgan fingerprint density at radius 2 is 1.79 bits per heavy atom. The quantitative estimate of drug-likeness (QED) is 0.826. The lowest BCUT2D eigenvalue weighted by atomic mass is 10.2. The van der Waals surface area contributed by atoms with E-state index in [1.807, 2.05) is 25.7 Å². The van der Waals surface area contributed by atoms with Crippen molar-refractivity contribution in [3.05, 3.63) is 29.2 Å². The zero-order valence-corrected chi connectivity index (χ0v) is 17.5. The third kappa shape index (κ3) is 4.47. The maximum Gasteiger partial charge on any atom is 0.410 e. The first-order valence-corrected chi connectivity index (χ1v) is 9.49. The summed E-state index contributed by atoms with van der Waals surface area (Å²) < 4.78 is 7.02. The zero-order chi connectivity index (χ0) is 21.3. The third-order valence-electron chi connectivity index (χ3n) is 4.60. The average Bonchev–Trinajstić information content (AvgIpc) is 2.95. The molecule has 0 aromatic carbocycles. The summed E-state index contributed by atoms with van der Waals surface area (Å²) in [6.45, 7) is 11.3. The summed E-state index contributed by atoms with van der Waals surface area (Å²) in [7, 11) is 0. The maximum absolute atomic E-state index is 12.2.